The van der Waals surface area contributed by atoms with E-state index in [0.29, 0.717) is 17.5 Å². The van der Waals surface area contributed by atoms with Crippen LogP contribution in [0.4, 0.5) is 0 Å². The van der Waals surface area contributed by atoms with Crippen molar-refractivity contribution in [3.05, 3.63) is 48.4 Å². The Morgan fingerprint density at radius 1 is 1.40 bits per heavy atom. The monoisotopic (exact) mass is 289 g/mol. The molecule has 0 radical (unpaired) electrons. The summed E-state index contributed by atoms with van der Waals surface area (Å²) in [6.45, 7) is 1.45. The highest BCUT2D eigenvalue weighted by Crippen LogP contribution is 2.34. The van der Waals surface area contributed by atoms with Crippen molar-refractivity contribution in [2.45, 2.75) is 11.7 Å². The second kappa shape index (κ2) is 6.09. The Bertz CT molecular complexity index is 559. The van der Waals surface area contributed by atoms with Crippen LogP contribution in [-0.2, 0) is 0 Å². The number of hydrogen-bond acceptors (Lipinski definition) is 5. The Hall–Kier alpha value is -1.82. The maximum absolute atomic E-state index is 12.3. The molecule has 3 rings (SSSR count). The lowest BCUT2D eigenvalue weighted by Crippen LogP contribution is -2.33. The van der Waals surface area contributed by atoms with Gasteiger partial charge >= 0.3 is 0 Å². The van der Waals surface area contributed by atoms with Gasteiger partial charge in [-0.1, -0.05) is 0 Å². The molecular weight excluding hydrogens is 274 g/mol. The summed E-state index contributed by atoms with van der Waals surface area (Å²) >= 11 is 1.83. The largest absolute Gasteiger partial charge is 0.468 e. The minimum absolute atomic E-state index is 0.0428. The van der Waals surface area contributed by atoms with Crippen LogP contribution in [0.2, 0.25) is 0 Å². The maximum Gasteiger partial charge on any atom is 0.274 e. The van der Waals surface area contributed by atoms with Crippen LogP contribution in [0.1, 0.15) is 27.9 Å². The van der Waals surface area contributed by atoms with E-state index in [9.17, 15) is 4.79 Å². The summed E-state index contributed by atoms with van der Waals surface area (Å²) in [4.78, 5) is 22.2. The molecule has 3 heterocycles. The topological polar surface area (TPSA) is 59.2 Å². The zero-order valence-electron chi connectivity index (χ0n) is 10.9. The fourth-order valence-corrected chi connectivity index (χ4v) is 3.43. The fourth-order valence-electron chi connectivity index (χ4n) is 2.25. The van der Waals surface area contributed by atoms with Crippen molar-refractivity contribution in [2.75, 3.05) is 18.8 Å². The van der Waals surface area contributed by atoms with Crippen LogP contribution in [-0.4, -0.2) is 39.6 Å². The van der Waals surface area contributed by atoms with E-state index in [1.807, 2.05) is 28.8 Å². The molecule has 2 aromatic rings. The zero-order chi connectivity index (χ0) is 13.8. The van der Waals surface area contributed by atoms with E-state index in [1.165, 1.54) is 6.20 Å². The molecule has 1 atom stereocenters. The summed E-state index contributed by atoms with van der Waals surface area (Å²) in [5.41, 5.74) is 0.411. The molecule has 0 aliphatic carbocycles. The van der Waals surface area contributed by atoms with Crippen LogP contribution < -0.4 is 0 Å². The molecule has 1 saturated heterocycles. The smallest absolute Gasteiger partial charge is 0.274 e. The summed E-state index contributed by atoms with van der Waals surface area (Å²) < 4.78 is 5.46. The van der Waals surface area contributed by atoms with Crippen molar-refractivity contribution in [1.29, 1.82) is 0 Å². The van der Waals surface area contributed by atoms with Gasteiger partial charge in [0.1, 0.15) is 11.5 Å². The molecule has 1 amide bonds. The number of nitrogens with zero attached hydrogens (tertiary/aromatic N) is 3. The SMILES string of the molecule is O=C(c1cnccn1)N1CCS[C@H](c2ccco2)CC1. The molecule has 0 saturated carbocycles. The molecule has 0 spiro atoms. The standard InChI is InChI=1S/C14H15N3O2S/c18-14(11-10-15-4-5-16-11)17-6-3-13(20-9-7-17)12-2-1-8-19-12/h1-2,4-5,8,10,13H,3,6-7,9H2/t13-/m0/s1. The van der Waals surface area contributed by atoms with E-state index >= 15 is 0 Å². The van der Waals surface area contributed by atoms with Gasteiger partial charge in [-0.2, -0.15) is 0 Å². The van der Waals surface area contributed by atoms with Crippen molar-refractivity contribution in [1.82, 2.24) is 14.9 Å². The quantitative estimate of drug-likeness (QED) is 0.849. The van der Waals surface area contributed by atoms with Gasteiger partial charge in [-0.05, 0) is 18.6 Å². The van der Waals surface area contributed by atoms with E-state index in [-0.39, 0.29) is 5.91 Å². The molecule has 1 fully saturated rings. The van der Waals surface area contributed by atoms with Gasteiger partial charge in [-0.3, -0.25) is 9.78 Å². The third kappa shape index (κ3) is 2.85. The minimum Gasteiger partial charge on any atom is -0.468 e. The van der Waals surface area contributed by atoms with Crippen LogP contribution in [0.5, 0.6) is 0 Å². The lowest BCUT2D eigenvalue weighted by molar-refractivity contribution is 0.0759. The van der Waals surface area contributed by atoms with E-state index < -0.39 is 0 Å². The molecule has 5 nitrogen and oxygen atoms in total. The molecule has 2 aromatic heterocycles. The minimum atomic E-state index is -0.0428. The number of amides is 1. The van der Waals surface area contributed by atoms with Gasteiger partial charge in [0, 0.05) is 31.2 Å². The Kier molecular flexibility index (Phi) is 4.01. The number of rotatable bonds is 2. The first-order valence-electron chi connectivity index (χ1n) is 6.55. The lowest BCUT2D eigenvalue weighted by Gasteiger charge is -2.19. The summed E-state index contributed by atoms with van der Waals surface area (Å²) in [6.07, 6.45) is 7.23. The summed E-state index contributed by atoms with van der Waals surface area (Å²) in [5.74, 6) is 1.85. The van der Waals surface area contributed by atoms with E-state index in [4.69, 9.17) is 4.42 Å². The Labute approximate surface area is 121 Å². The first-order valence-corrected chi connectivity index (χ1v) is 7.60. The van der Waals surface area contributed by atoms with Crippen molar-refractivity contribution in [3.8, 4) is 0 Å². The molecule has 104 valence electrons. The molecule has 0 N–H and O–H groups in total. The first kappa shape index (κ1) is 13.2. The van der Waals surface area contributed by atoms with Crippen molar-refractivity contribution in [2.24, 2.45) is 0 Å². The van der Waals surface area contributed by atoms with Gasteiger partial charge < -0.3 is 9.32 Å². The van der Waals surface area contributed by atoms with Crippen LogP contribution in [0.25, 0.3) is 0 Å². The van der Waals surface area contributed by atoms with Gasteiger partial charge in [-0.25, -0.2) is 4.98 Å². The van der Waals surface area contributed by atoms with Gasteiger partial charge in [-0.15, -0.1) is 11.8 Å². The van der Waals surface area contributed by atoms with Crippen LogP contribution in [0.15, 0.2) is 41.4 Å². The second-order valence-corrected chi connectivity index (χ2v) is 5.86. The van der Waals surface area contributed by atoms with Gasteiger partial charge in [0.15, 0.2) is 0 Å². The third-order valence-corrected chi connectivity index (χ3v) is 4.56. The summed E-state index contributed by atoms with van der Waals surface area (Å²) in [6, 6.07) is 3.90. The number of carbonyl (C=O) groups excluding carboxylic acids is 1. The molecular formula is C14H15N3O2S. The zero-order valence-corrected chi connectivity index (χ0v) is 11.8. The Morgan fingerprint density at radius 2 is 2.35 bits per heavy atom. The van der Waals surface area contributed by atoms with Crippen LogP contribution in [0.3, 0.4) is 0 Å². The number of carbonyl (C=O) groups is 1. The van der Waals surface area contributed by atoms with Gasteiger partial charge in [0.25, 0.3) is 5.91 Å². The molecule has 1 aliphatic rings. The average molecular weight is 289 g/mol. The van der Waals surface area contributed by atoms with Crippen molar-refractivity contribution < 1.29 is 9.21 Å². The van der Waals surface area contributed by atoms with Crippen molar-refractivity contribution in [3.63, 3.8) is 0 Å². The van der Waals surface area contributed by atoms with Gasteiger partial charge in [0.05, 0.1) is 17.7 Å². The number of aromatic nitrogens is 2. The lowest BCUT2D eigenvalue weighted by atomic mass is 10.2. The number of hydrogen-bond donors (Lipinski definition) is 0. The Morgan fingerprint density at radius 3 is 3.10 bits per heavy atom. The van der Waals surface area contributed by atoms with E-state index in [2.05, 4.69) is 9.97 Å². The second-order valence-electron chi connectivity index (χ2n) is 4.55. The highest BCUT2D eigenvalue weighted by Gasteiger charge is 2.24. The number of furan rings is 1. The fraction of sp³-hybridized carbons (Fsp3) is 0.357. The molecule has 0 unspecified atom stereocenters. The average Bonchev–Trinajstić information content (AvgIpc) is 2.92. The third-order valence-electron chi connectivity index (χ3n) is 3.27. The normalized spacial score (nSPS) is 19.6. The summed E-state index contributed by atoms with van der Waals surface area (Å²) in [7, 11) is 0. The molecule has 0 aromatic carbocycles. The van der Waals surface area contributed by atoms with E-state index in [1.54, 1.807) is 18.7 Å². The first-order chi connectivity index (χ1) is 9.84. The number of thioether (sulfide) groups is 1. The summed E-state index contributed by atoms with van der Waals surface area (Å²) in [5, 5.41) is 0.324. The maximum atomic E-state index is 12.3. The molecule has 0 bridgehead atoms. The highest BCUT2D eigenvalue weighted by molar-refractivity contribution is 7.99. The van der Waals surface area contributed by atoms with Crippen molar-refractivity contribution >= 4 is 17.7 Å². The van der Waals surface area contributed by atoms with Crippen LogP contribution >= 0.6 is 11.8 Å². The predicted molar refractivity (Wildman–Crippen MR) is 76.5 cm³/mol. The van der Waals surface area contributed by atoms with E-state index in [0.717, 1.165) is 24.5 Å². The molecule has 6 heteroatoms. The Balaban J connectivity index is 1.67. The van der Waals surface area contributed by atoms with Crippen LogP contribution in [0, 0.1) is 0 Å². The molecule has 1 aliphatic heterocycles. The van der Waals surface area contributed by atoms with Gasteiger partial charge in [0.2, 0.25) is 0 Å². The predicted octanol–water partition coefficient (Wildman–Crippen LogP) is 2.39. The molecule has 20 heavy (non-hydrogen) atoms. The highest BCUT2D eigenvalue weighted by atomic mass is 32.2.